The van der Waals surface area contributed by atoms with Gasteiger partial charge in [-0.15, -0.1) is 0 Å². The van der Waals surface area contributed by atoms with Crippen molar-refractivity contribution in [3.05, 3.63) is 24.0 Å². The summed E-state index contributed by atoms with van der Waals surface area (Å²) in [6.07, 6.45) is 4.60. The largest absolute Gasteiger partial charge is 0.371 e. The van der Waals surface area contributed by atoms with Crippen molar-refractivity contribution in [1.82, 2.24) is 4.98 Å². The number of piperidine rings is 1. The lowest BCUT2D eigenvalue weighted by atomic mass is 10.00. The predicted octanol–water partition coefficient (Wildman–Crippen LogP) is 2.63. The van der Waals surface area contributed by atoms with E-state index >= 15 is 0 Å². The Labute approximate surface area is 86.0 Å². The van der Waals surface area contributed by atoms with E-state index in [1.807, 2.05) is 6.20 Å². The number of anilines is 1. The molecular formula is C12H18N2. The minimum atomic E-state index is 0.831. The Kier molecular flexibility index (Phi) is 2.71. The van der Waals surface area contributed by atoms with Crippen LogP contribution in [-0.4, -0.2) is 18.1 Å². The molecule has 0 aliphatic carbocycles. The summed E-state index contributed by atoms with van der Waals surface area (Å²) in [5, 5.41) is 0. The molecule has 0 radical (unpaired) electrons. The normalized spacial score (nSPS) is 22.4. The van der Waals surface area contributed by atoms with Crippen molar-refractivity contribution in [2.45, 2.75) is 26.7 Å². The van der Waals surface area contributed by atoms with Gasteiger partial charge in [-0.25, -0.2) is 0 Å². The van der Waals surface area contributed by atoms with Crippen LogP contribution < -0.4 is 4.90 Å². The van der Waals surface area contributed by atoms with Crippen LogP contribution in [0.4, 0.5) is 5.69 Å². The summed E-state index contributed by atoms with van der Waals surface area (Å²) in [5.74, 6) is 0.831. The fourth-order valence-electron chi connectivity index (χ4n) is 2.15. The van der Waals surface area contributed by atoms with E-state index in [0.29, 0.717) is 0 Å². The summed E-state index contributed by atoms with van der Waals surface area (Å²) in [4.78, 5) is 6.70. The molecule has 0 spiro atoms. The minimum absolute atomic E-state index is 0.831. The molecule has 1 aromatic rings. The first kappa shape index (κ1) is 9.50. The van der Waals surface area contributed by atoms with Crippen molar-refractivity contribution >= 4 is 5.69 Å². The summed E-state index contributed by atoms with van der Waals surface area (Å²) < 4.78 is 0. The van der Waals surface area contributed by atoms with Gasteiger partial charge in [0, 0.05) is 30.7 Å². The van der Waals surface area contributed by atoms with Gasteiger partial charge in [0.05, 0.1) is 0 Å². The monoisotopic (exact) mass is 190 g/mol. The Morgan fingerprint density at radius 3 is 3.07 bits per heavy atom. The van der Waals surface area contributed by atoms with Crippen LogP contribution in [0.25, 0.3) is 0 Å². The van der Waals surface area contributed by atoms with Crippen LogP contribution in [0.2, 0.25) is 0 Å². The van der Waals surface area contributed by atoms with Crippen molar-refractivity contribution in [2.75, 3.05) is 18.0 Å². The highest BCUT2D eigenvalue weighted by Crippen LogP contribution is 2.22. The molecule has 0 aromatic carbocycles. The Morgan fingerprint density at radius 2 is 2.36 bits per heavy atom. The second-order valence-corrected chi connectivity index (χ2v) is 4.35. The Balaban J connectivity index is 2.14. The standard InChI is InChI=1S/C12H18N2/c1-10-4-3-7-14(9-10)12-5-6-13-11(2)8-12/h5-6,8,10H,3-4,7,9H2,1-2H3. The zero-order valence-corrected chi connectivity index (χ0v) is 9.03. The molecule has 2 heterocycles. The van der Waals surface area contributed by atoms with E-state index in [9.17, 15) is 0 Å². The Hall–Kier alpha value is -1.05. The minimum Gasteiger partial charge on any atom is -0.371 e. The predicted molar refractivity (Wildman–Crippen MR) is 59.6 cm³/mol. The number of hydrogen-bond acceptors (Lipinski definition) is 2. The third kappa shape index (κ3) is 2.06. The number of aryl methyl sites for hydroxylation is 1. The number of rotatable bonds is 1. The molecule has 0 bridgehead atoms. The molecule has 2 nitrogen and oxygen atoms in total. The van der Waals surface area contributed by atoms with Crippen LogP contribution in [0.3, 0.4) is 0 Å². The smallest absolute Gasteiger partial charge is 0.0399 e. The van der Waals surface area contributed by atoms with Gasteiger partial charge in [-0.3, -0.25) is 4.98 Å². The van der Waals surface area contributed by atoms with Crippen LogP contribution in [0.1, 0.15) is 25.5 Å². The van der Waals surface area contributed by atoms with Crippen molar-refractivity contribution < 1.29 is 0 Å². The molecule has 0 saturated carbocycles. The molecule has 1 aliphatic rings. The SMILES string of the molecule is Cc1cc(N2CCCC(C)C2)ccn1. The maximum absolute atomic E-state index is 4.23. The van der Waals surface area contributed by atoms with E-state index < -0.39 is 0 Å². The lowest BCUT2D eigenvalue weighted by Gasteiger charge is -2.32. The van der Waals surface area contributed by atoms with Crippen LogP contribution >= 0.6 is 0 Å². The molecule has 1 unspecified atom stereocenters. The molecule has 1 atom stereocenters. The first-order valence-electron chi connectivity index (χ1n) is 5.43. The zero-order chi connectivity index (χ0) is 9.97. The molecule has 2 heteroatoms. The molecule has 1 aromatic heterocycles. The van der Waals surface area contributed by atoms with E-state index in [1.54, 1.807) is 0 Å². The molecule has 0 N–H and O–H groups in total. The Bertz CT molecular complexity index is 309. The fourth-order valence-corrected chi connectivity index (χ4v) is 2.15. The van der Waals surface area contributed by atoms with E-state index in [2.05, 4.69) is 35.9 Å². The number of pyridine rings is 1. The fraction of sp³-hybridized carbons (Fsp3) is 0.583. The summed E-state index contributed by atoms with van der Waals surface area (Å²) in [6, 6.07) is 4.29. The topological polar surface area (TPSA) is 16.1 Å². The third-order valence-corrected chi connectivity index (χ3v) is 2.90. The average molecular weight is 190 g/mol. The first-order valence-corrected chi connectivity index (χ1v) is 5.43. The van der Waals surface area contributed by atoms with Crippen LogP contribution in [0.15, 0.2) is 18.3 Å². The van der Waals surface area contributed by atoms with Crippen molar-refractivity contribution in [3.63, 3.8) is 0 Å². The molecule has 1 fully saturated rings. The van der Waals surface area contributed by atoms with Crippen molar-refractivity contribution in [2.24, 2.45) is 5.92 Å². The maximum atomic E-state index is 4.23. The highest BCUT2D eigenvalue weighted by Gasteiger charge is 2.16. The molecule has 1 saturated heterocycles. The van der Waals surface area contributed by atoms with Crippen molar-refractivity contribution in [3.8, 4) is 0 Å². The zero-order valence-electron chi connectivity index (χ0n) is 9.03. The lowest BCUT2D eigenvalue weighted by Crippen LogP contribution is -2.34. The van der Waals surface area contributed by atoms with E-state index in [0.717, 1.165) is 11.6 Å². The van der Waals surface area contributed by atoms with Crippen LogP contribution in [0, 0.1) is 12.8 Å². The Morgan fingerprint density at radius 1 is 1.50 bits per heavy atom. The molecule has 1 aliphatic heterocycles. The molecule has 14 heavy (non-hydrogen) atoms. The number of nitrogens with zero attached hydrogens (tertiary/aromatic N) is 2. The van der Waals surface area contributed by atoms with Gasteiger partial charge in [-0.1, -0.05) is 6.92 Å². The molecule has 76 valence electrons. The highest BCUT2D eigenvalue weighted by molar-refractivity contribution is 5.46. The first-order chi connectivity index (χ1) is 6.75. The quantitative estimate of drug-likeness (QED) is 0.676. The molecular weight excluding hydrogens is 172 g/mol. The van der Waals surface area contributed by atoms with Gasteiger partial charge in [-0.05, 0) is 37.8 Å². The number of aromatic nitrogens is 1. The van der Waals surface area contributed by atoms with Gasteiger partial charge in [0.25, 0.3) is 0 Å². The summed E-state index contributed by atoms with van der Waals surface area (Å²) in [6.45, 7) is 6.79. The van der Waals surface area contributed by atoms with Gasteiger partial charge in [-0.2, -0.15) is 0 Å². The molecule has 2 rings (SSSR count). The third-order valence-electron chi connectivity index (χ3n) is 2.90. The van der Waals surface area contributed by atoms with E-state index in [4.69, 9.17) is 0 Å². The van der Waals surface area contributed by atoms with Gasteiger partial charge in [0.15, 0.2) is 0 Å². The summed E-state index contributed by atoms with van der Waals surface area (Å²) >= 11 is 0. The van der Waals surface area contributed by atoms with Crippen LogP contribution in [-0.2, 0) is 0 Å². The van der Waals surface area contributed by atoms with Gasteiger partial charge < -0.3 is 4.90 Å². The second-order valence-electron chi connectivity index (χ2n) is 4.35. The second kappa shape index (κ2) is 3.99. The van der Waals surface area contributed by atoms with Crippen LogP contribution in [0.5, 0.6) is 0 Å². The highest BCUT2D eigenvalue weighted by atomic mass is 15.1. The van der Waals surface area contributed by atoms with Gasteiger partial charge >= 0.3 is 0 Å². The maximum Gasteiger partial charge on any atom is 0.0399 e. The lowest BCUT2D eigenvalue weighted by molar-refractivity contribution is 0.446. The van der Waals surface area contributed by atoms with Crippen molar-refractivity contribution in [1.29, 1.82) is 0 Å². The molecule has 0 amide bonds. The number of hydrogen-bond donors (Lipinski definition) is 0. The average Bonchev–Trinajstić information content (AvgIpc) is 2.18. The van der Waals surface area contributed by atoms with Gasteiger partial charge in [0.2, 0.25) is 0 Å². The summed E-state index contributed by atoms with van der Waals surface area (Å²) in [5.41, 5.74) is 2.45. The van der Waals surface area contributed by atoms with E-state index in [-0.39, 0.29) is 0 Å². The van der Waals surface area contributed by atoms with Gasteiger partial charge in [0.1, 0.15) is 0 Å². The van der Waals surface area contributed by atoms with E-state index in [1.165, 1.54) is 31.6 Å². The summed E-state index contributed by atoms with van der Waals surface area (Å²) in [7, 11) is 0.